The largest absolute Gasteiger partial charge is 0.497 e. The summed E-state index contributed by atoms with van der Waals surface area (Å²) in [7, 11) is 3.36. The van der Waals surface area contributed by atoms with Crippen molar-refractivity contribution in [2.75, 3.05) is 40.4 Å². The van der Waals surface area contributed by atoms with Gasteiger partial charge >= 0.3 is 6.03 Å². The first-order valence-corrected chi connectivity index (χ1v) is 14.5. The minimum Gasteiger partial charge on any atom is -0.497 e. The van der Waals surface area contributed by atoms with Gasteiger partial charge in [-0.05, 0) is 55.4 Å². The van der Waals surface area contributed by atoms with Gasteiger partial charge in [0.25, 0.3) is 5.91 Å². The van der Waals surface area contributed by atoms with E-state index in [-0.39, 0.29) is 17.9 Å². The van der Waals surface area contributed by atoms with E-state index in [0.717, 1.165) is 50.6 Å². The van der Waals surface area contributed by atoms with Gasteiger partial charge in [-0.15, -0.1) is 11.3 Å². The maximum atomic E-state index is 13.9. The SMILES string of the molecule is CCN1C(=O)N2CC3=C(C(OC)=CC(OC)=CC3)[C@@H](C)C=C2C12CCN(C(=O)c1cc3ccccc3s1)CC2. The number of hydrogen-bond donors (Lipinski definition) is 0. The normalized spacial score (nSPS) is 22.7. The van der Waals surface area contributed by atoms with Crippen LogP contribution in [-0.4, -0.2) is 72.6 Å². The van der Waals surface area contributed by atoms with Crippen LogP contribution in [0.3, 0.4) is 0 Å². The Morgan fingerprint density at radius 1 is 1.15 bits per heavy atom. The summed E-state index contributed by atoms with van der Waals surface area (Å²) in [5, 5.41) is 1.11. The standard InChI is InChI=1S/C31H35N3O4S/c1-5-34-30(36)33-19-22-10-11-23(37-3)18-24(38-4)28(22)20(2)16-27(33)31(34)12-14-32(15-13-31)29(35)26-17-21-8-6-7-9-25(21)39-26/h6-9,11,16-18,20H,5,10,12-15,19H2,1-4H3/t20-/m0/s1. The Morgan fingerprint density at radius 2 is 1.92 bits per heavy atom. The molecule has 8 heteroatoms. The zero-order valence-corrected chi connectivity index (χ0v) is 23.8. The highest BCUT2D eigenvalue weighted by Crippen LogP contribution is 2.48. The molecule has 6 rings (SSSR count). The molecule has 1 aliphatic carbocycles. The lowest BCUT2D eigenvalue weighted by atomic mass is 9.81. The fourth-order valence-electron chi connectivity index (χ4n) is 6.80. The number of urea groups is 1. The molecule has 39 heavy (non-hydrogen) atoms. The molecule has 204 valence electrons. The van der Waals surface area contributed by atoms with E-state index >= 15 is 0 Å². The smallest absolute Gasteiger partial charge is 0.325 e. The second-order valence-electron chi connectivity index (χ2n) is 10.7. The molecule has 1 spiro atoms. The molecule has 0 bridgehead atoms. The number of hydrogen-bond acceptors (Lipinski definition) is 5. The summed E-state index contributed by atoms with van der Waals surface area (Å²) >= 11 is 1.55. The number of benzene rings is 1. The highest BCUT2D eigenvalue weighted by molar-refractivity contribution is 7.20. The number of likely N-dealkylation sites (tertiary alicyclic amines) is 1. The molecule has 1 atom stereocenters. The maximum absolute atomic E-state index is 13.9. The molecular formula is C31H35N3O4S. The number of rotatable bonds is 4. The minimum atomic E-state index is -0.411. The van der Waals surface area contributed by atoms with E-state index in [1.807, 2.05) is 39.0 Å². The zero-order valence-electron chi connectivity index (χ0n) is 23.0. The molecule has 1 aromatic carbocycles. The van der Waals surface area contributed by atoms with E-state index in [9.17, 15) is 9.59 Å². The van der Waals surface area contributed by atoms with Gasteiger partial charge in [0.05, 0.1) is 24.6 Å². The molecule has 2 fully saturated rings. The number of likely N-dealkylation sites (N-methyl/N-ethyl adjacent to an activating group) is 1. The Balaban J connectivity index is 1.30. The van der Waals surface area contributed by atoms with Crippen molar-refractivity contribution in [2.24, 2.45) is 5.92 Å². The molecule has 2 aromatic rings. The molecular weight excluding hydrogens is 510 g/mol. The second-order valence-corrected chi connectivity index (χ2v) is 11.8. The van der Waals surface area contributed by atoms with Crippen molar-refractivity contribution in [1.82, 2.24) is 14.7 Å². The third kappa shape index (κ3) is 4.07. The number of allylic oxidation sites excluding steroid dienone is 4. The number of carbonyl (C=O) groups excluding carboxylic acids is 2. The fraction of sp³-hybridized carbons (Fsp3) is 0.419. The van der Waals surface area contributed by atoms with E-state index in [2.05, 4.69) is 38.1 Å². The van der Waals surface area contributed by atoms with Gasteiger partial charge in [-0.25, -0.2) is 4.79 Å². The summed E-state index contributed by atoms with van der Waals surface area (Å²) in [6.07, 6.45) is 8.43. The molecule has 4 heterocycles. The highest BCUT2D eigenvalue weighted by Gasteiger charge is 2.55. The molecule has 3 amide bonds. The maximum Gasteiger partial charge on any atom is 0.325 e. The minimum absolute atomic E-state index is 0.0529. The van der Waals surface area contributed by atoms with Crippen molar-refractivity contribution in [1.29, 1.82) is 0 Å². The third-order valence-corrected chi connectivity index (χ3v) is 9.82. The monoisotopic (exact) mass is 545 g/mol. The highest BCUT2D eigenvalue weighted by atomic mass is 32.1. The van der Waals surface area contributed by atoms with Gasteiger partial charge in [0.1, 0.15) is 11.5 Å². The summed E-state index contributed by atoms with van der Waals surface area (Å²) in [6, 6.07) is 10.2. The van der Waals surface area contributed by atoms with Crippen LogP contribution in [0.2, 0.25) is 0 Å². The van der Waals surface area contributed by atoms with E-state index in [4.69, 9.17) is 9.47 Å². The number of carbonyl (C=O) groups is 2. The van der Waals surface area contributed by atoms with Crippen LogP contribution in [0.5, 0.6) is 0 Å². The molecule has 0 N–H and O–H groups in total. The number of fused-ring (bicyclic) bond motifs is 3. The lowest BCUT2D eigenvalue weighted by molar-refractivity contribution is 0.0580. The molecule has 1 aromatic heterocycles. The molecule has 2 saturated heterocycles. The number of piperidine rings is 1. The van der Waals surface area contributed by atoms with Crippen molar-refractivity contribution >= 4 is 33.4 Å². The summed E-state index contributed by atoms with van der Waals surface area (Å²) in [5.41, 5.74) is 2.97. The molecule has 0 unspecified atom stereocenters. The van der Waals surface area contributed by atoms with Gasteiger partial charge in [-0.1, -0.05) is 31.2 Å². The van der Waals surface area contributed by atoms with Gasteiger partial charge in [-0.2, -0.15) is 0 Å². The Hall–Kier alpha value is -3.52. The predicted octanol–water partition coefficient (Wildman–Crippen LogP) is 5.93. The number of amides is 3. The van der Waals surface area contributed by atoms with Crippen molar-refractivity contribution in [3.05, 3.63) is 81.8 Å². The van der Waals surface area contributed by atoms with Gasteiger partial charge < -0.3 is 19.3 Å². The molecule has 0 radical (unpaired) electrons. The predicted molar refractivity (Wildman–Crippen MR) is 153 cm³/mol. The Bertz CT molecular complexity index is 1420. The first kappa shape index (κ1) is 25.7. The Kier molecular flexibility index (Phi) is 6.53. The topological polar surface area (TPSA) is 62.3 Å². The van der Waals surface area contributed by atoms with Crippen LogP contribution in [0.1, 0.15) is 42.8 Å². The molecule has 0 saturated carbocycles. The number of ether oxygens (including phenoxy) is 2. The molecule has 7 nitrogen and oxygen atoms in total. The van der Waals surface area contributed by atoms with Crippen molar-refractivity contribution in [3.63, 3.8) is 0 Å². The second kappa shape index (κ2) is 9.90. The number of thiophene rings is 1. The number of methoxy groups -OCH3 is 2. The van der Waals surface area contributed by atoms with E-state index < -0.39 is 5.54 Å². The summed E-state index contributed by atoms with van der Waals surface area (Å²) in [4.78, 5) is 34.1. The van der Waals surface area contributed by atoms with Crippen LogP contribution in [0.15, 0.2) is 76.9 Å². The Labute approximate surface area is 233 Å². The van der Waals surface area contributed by atoms with E-state index in [1.165, 1.54) is 5.57 Å². The van der Waals surface area contributed by atoms with E-state index in [1.54, 1.807) is 25.6 Å². The van der Waals surface area contributed by atoms with Crippen molar-refractivity contribution < 1.29 is 19.1 Å². The Morgan fingerprint density at radius 3 is 2.62 bits per heavy atom. The first-order valence-electron chi connectivity index (χ1n) is 13.7. The van der Waals surface area contributed by atoms with Gasteiger partial charge in [0, 0.05) is 54.1 Å². The van der Waals surface area contributed by atoms with Crippen molar-refractivity contribution in [2.45, 2.75) is 38.6 Å². The number of nitrogens with zero attached hydrogens (tertiary/aromatic N) is 3. The molecule has 3 aliphatic heterocycles. The van der Waals surface area contributed by atoms with Crippen LogP contribution >= 0.6 is 11.3 Å². The summed E-state index contributed by atoms with van der Waals surface area (Å²) in [5.74, 6) is 1.71. The summed E-state index contributed by atoms with van der Waals surface area (Å²) < 4.78 is 12.5. The summed E-state index contributed by atoms with van der Waals surface area (Å²) in [6.45, 7) is 6.64. The van der Waals surface area contributed by atoms with Gasteiger partial charge in [-0.3, -0.25) is 9.69 Å². The van der Waals surface area contributed by atoms with Gasteiger partial charge in [0.2, 0.25) is 0 Å². The quantitative estimate of drug-likeness (QED) is 0.478. The van der Waals surface area contributed by atoms with E-state index in [0.29, 0.717) is 32.6 Å². The van der Waals surface area contributed by atoms with Gasteiger partial charge in [0.15, 0.2) is 0 Å². The average molecular weight is 546 g/mol. The van der Waals surface area contributed by atoms with Crippen LogP contribution in [0.4, 0.5) is 4.79 Å². The third-order valence-electron chi connectivity index (χ3n) is 8.71. The zero-order chi connectivity index (χ0) is 27.3. The van der Waals surface area contributed by atoms with Crippen LogP contribution in [0, 0.1) is 5.92 Å². The van der Waals surface area contributed by atoms with Crippen LogP contribution in [0.25, 0.3) is 10.1 Å². The molecule has 4 aliphatic rings. The lowest BCUT2D eigenvalue weighted by Crippen LogP contribution is -2.54. The first-order chi connectivity index (χ1) is 18.9. The van der Waals surface area contributed by atoms with Crippen LogP contribution in [-0.2, 0) is 9.47 Å². The van der Waals surface area contributed by atoms with Crippen LogP contribution < -0.4 is 0 Å². The lowest BCUT2D eigenvalue weighted by Gasteiger charge is -2.44. The fourth-order valence-corrected chi connectivity index (χ4v) is 7.83. The van der Waals surface area contributed by atoms with Crippen molar-refractivity contribution in [3.8, 4) is 0 Å². The average Bonchev–Trinajstić information content (AvgIpc) is 3.33.